The van der Waals surface area contributed by atoms with Crippen LogP contribution in [0.5, 0.6) is 0 Å². The first-order valence-electron chi connectivity index (χ1n) is 8.27. The third-order valence-corrected chi connectivity index (χ3v) is 4.81. The molecule has 0 bridgehead atoms. The lowest BCUT2D eigenvalue weighted by Gasteiger charge is -2.15. The molecule has 5 nitrogen and oxygen atoms in total. The van der Waals surface area contributed by atoms with E-state index in [1.54, 1.807) is 24.3 Å². The summed E-state index contributed by atoms with van der Waals surface area (Å²) in [6.45, 7) is 1.78. The Balaban J connectivity index is 2.23. The quantitative estimate of drug-likeness (QED) is 0.701. The van der Waals surface area contributed by atoms with Gasteiger partial charge in [-0.2, -0.15) is 0 Å². The van der Waals surface area contributed by atoms with Crippen molar-refractivity contribution in [2.75, 3.05) is 6.61 Å². The summed E-state index contributed by atoms with van der Waals surface area (Å²) in [5, 5.41) is 18.8. The highest BCUT2D eigenvalue weighted by atomic mass is 35.5. The normalized spacial score (nSPS) is 11.1. The molecule has 0 saturated heterocycles. The molecule has 0 unspecified atom stereocenters. The molecule has 0 aliphatic rings. The van der Waals surface area contributed by atoms with Crippen LogP contribution in [0.2, 0.25) is 5.02 Å². The van der Waals surface area contributed by atoms with Crippen LogP contribution in [0.15, 0.2) is 41.3 Å². The second-order valence-electron chi connectivity index (χ2n) is 6.28. The number of aromatic nitrogens is 1. The molecule has 0 spiro atoms. The molecule has 0 saturated carbocycles. The van der Waals surface area contributed by atoms with E-state index in [1.165, 1.54) is 16.8 Å². The van der Waals surface area contributed by atoms with Gasteiger partial charge in [0.2, 0.25) is 5.43 Å². The van der Waals surface area contributed by atoms with Crippen LogP contribution < -0.4 is 5.43 Å². The zero-order chi connectivity index (χ0) is 19.7. The largest absolute Gasteiger partial charge is 0.477 e. The van der Waals surface area contributed by atoms with Gasteiger partial charge < -0.3 is 14.8 Å². The van der Waals surface area contributed by atoms with Crippen molar-refractivity contribution in [1.82, 2.24) is 4.57 Å². The minimum Gasteiger partial charge on any atom is -0.477 e. The molecule has 0 atom stereocenters. The SMILES string of the molecule is Cc1cc2c(cc1Cc1cccc(Cl)c1F)c(=O)c(C(=O)O)cn2CCO. The van der Waals surface area contributed by atoms with Crippen LogP contribution in [0, 0.1) is 12.7 Å². The third-order valence-electron chi connectivity index (χ3n) is 4.52. The first-order valence-corrected chi connectivity index (χ1v) is 8.65. The molecule has 27 heavy (non-hydrogen) atoms. The van der Waals surface area contributed by atoms with E-state index in [4.69, 9.17) is 11.6 Å². The Bertz CT molecular complexity index is 1110. The molecule has 3 rings (SSSR count). The van der Waals surface area contributed by atoms with Gasteiger partial charge in [0.25, 0.3) is 0 Å². The van der Waals surface area contributed by atoms with Crippen molar-refractivity contribution in [1.29, 1.82) is 0 Å². The van der Waals surface area contributed by atoms with E-state index in [0.717, 1.165) is 5.56 Å². The Morgan fingerprint density at radius 3 is 2.67 bits per heavy atom. The number of hydrogen-bond acceptors (Lipinski definition) is 3. The van der Waals surface area contributed by atoms with Crippen molar-refractivity contribution in [2.24, 2.45) is 0 Å². The van der Waals surface area contributed by atoms with Gasteiger partial charge >= 0.3 is 5.97 Å². The average Bonchev–Trinajstić information content (AvgIpc) is 2.62. The van der Waals surface area contributed by atoms with Crippen LogP contribution in [-0.4, -0.2) is 27.4 Å². The first kappa shape index (κ1) is 19.1. The van der Waals surface area contributed by atoms with Gasteiger partial charge in [-0.3, -0.25) is 4.79 Å². The van der Waals surface area contributed by atoms with E-state index >= 15 is 0 Å². The lowest BCUT2D eigenvalue weighted by atomic mass is 9.97. The van der Waals surface area contributed by atoms with Gasteiger partial charge in [0, 0.05) is 24.5 Å². The predicted octanol–water partition coefficient (Wildman–Crippen LogP) is 3.38. The smallest absolute Gasteiger partial charge is 0.341 e. The number of carbonyl (C=O) groups is 1. The van der Waals surface area contributed by atoms with Crippen LogP contribution >= 0.6 is 11.6 Å². The summed E-state index contributed by atoms with van der Waals surface area (Å²) in [5.74, 6) is -1.85. The number of aryl methyl sites for hydroxylation is 1. The van der Waals surface area contributed by atoms with E-state index in [1.807, 2.05) is 6.92 Å². The number of rotatable bonds is 5. The Morgan fingerprint density at radius 1 is 1.26 bits per heavy atom. The molecule has 0 aliphatic heterocycles. The van der Waals surface area contributed by atoms with Crippen molar-refractivity contribution >= 4 is 28.5 Å². The molecule has 1 aromatic heterocycles. The number of aliphatic hydroxyl groups is 1. The Kier molecular flexibility index (Phi) is 5.30. The maximum Gasteiger partial charge on any atom is 0.341 e. The number of hydrogen-bond donors (Lipinski definition) is 2. The van der Waals surface area contributed by atoms with Gasteiger partial charge in [0.15, 0.2) is 0 Å². The number of carboxylic acids is 1. The van der Waals surface area contributed by atoms with Crippen LogP contribution in [0.3, 0.4) is 0 Å². The Morgan fingerprint density at radius 2 is 2.00 bits per heavy atom. The summed E-state index contributed by atoms with van der Waals surface area (Å²) in [5.41, 5.74) is 1.43. The summed E-state index contributed by atoms with van der Waals surface area (Å²) in [6.07, 6.45) is 1.45. The summed E-state index contributed by atoms with van der Waals surface area (Å²) < 4.78 is 15.8. The third kappa shape index (κ3) is 3.59. The summed E-state index contributed by atoms with van der Waals surface area (Å²) in [6, 6.07) is 8.06. The van der Waals surface area contributed by atoms with Gasteiger partial charge in [0.05, 0.1) is 17.1 Å². The van der Waals surface area contributed by atoms with E-state index in [9.17, 15) is 24.2 Å². The monoisotopic (exact) mass is 389 g/mol. The second kappa shape index (κ2) is 7.50. The molecule has 0 fully saturated rings. The number of pyridine rings is 1. The highest BCUT2D eigenvalue weighted by molar-refractivity contribution is 6.30. The molecular weight excluding hydrogens is 373 g/mol. The lowest BCUT2D eigenvalue weighted by molar-refractivity contribution is 0.0694. The summed E-state index contributed by atoms with van der Waals surface area (Å²) >= 11 is 5.83. The lowest BCUT2D eigenvalue weighted by Crippen LogP contribution is -2.20. The van der Waals surface area contributed by atoms with E-state index in [0.29, 0.717) is 16.6 Å². The zero-order valence-corrected chi connectivity index (χ0v) is 15.3. The highest BCUT2D eigenvalue weighted by Crippen LogP contribution is 2.24. The van der Waals surface area contributed by atoms with E-state index < -0.39 is 17.2 Å². The second-order valence-corrected chi connectivity index (χ2v) is 6.69. The first-order chi connectivity index (χ1) is 12.8. The Hall–Kier alpha value is -2.70. The maximum absolute atomic E-state index is 14.2. The van der Waals surface area contributed by atoms with E-state index in [2.05, 4.69) is 0 Å². The van der Waals surface area contributed by atoms with Crippen LogP contribution in [0.4, 0.5) is 4.39 Å². The van der Waals surface area contributed by atoms with Gasteiger partial charge in [-0.1, -0.05) is 23.7 Å². The van der Waals surface area contributed by atoms with Gasteiger partial charge in [0.1, 0.15) is 11.4 Å². The fourth-order valence-corrected chi connectivity index (χ4v) is 3.31. The molecule has 3 aromatic rings. The minimum atomic E-state index is -1.34. The van der Waals surface area contributed by atoms with Crippen molar-refractivity contribution in [2.45, 2.75) is 19.9 Å². The van der Waals surface area contributed by atoms with Gasteiger partial charge in [-0.15, -0.1) is 0 Å². The predicted molar refractivity (Wildman–Crippen MR) is 101 cm³/mol. The number of benzene rings is 2. The zero-order valence-electron chi connectivity index (χ0n) is 14.5. The topological polar surface area (TPSA) is 79.5 Å². The van der Waals surface area contributed by atoms with Crippen LogP contribution in [0.1, 0.15) is 27.0 Å². The van der Waals surface area contributed by atoms with Gasteiger partial charge in [-0.25, -0.2) is 9.18 Å². The number of halogens is 2. The number of nitrogens with zero attached hydrogens (tertiary/aromatic N) is 1. The standard InChI is InChI=1S/C20H17ClFNO4/c1-11-7-17-14(19(25)15(20(26)27)10-23(17)5-6-24)9-13(11)8-12-3-2-4-16(21)18(12)22/h2-4,7,9-10,24H,5-6,8H2,1H3,(H,26,27). The van der Waals surface area contributed by atoms with Crippen LogP contribution in [-0.2, 0) is 13.0 Å². The minimum absolute atomic E-state index is 0.0180. The van der Waals surface area contributed by atoms with Gasteiger partial charge in [-0.05, 0) is 41.8 Å². The molecular formula is C20H17ClFNO4. The number of fused-ring (bicyclic) bond motifs is 1. The molecule has 2 aromatic carbocycles. The fraction of sp³-hybridized carbons (Fsp3) is 0.200. The molecule has 2 N–H and O–H groups in total. The Labute approximate surface area is 159 Å². The van der Waals surface area contributed by atoms with Crippen molar-refractivity contribution in [3.63, 3.8) is 0 Å². The number of aliphatic hydroxyl groups excluding tert-OH is 1. The fourth-order valence-electron chi connectivity index (χ4n) is 3.11. The molecule has 7 heteroatoms. The number of aromatic carboxylic acids is 1. The van der Waals surface area contributed by atoms with Crippen molar-refractivity contribution < 1.29 is 19.4 Å². The average molecular weight is 390 g/mol. The highest BCUT2D eigenvalue weighted by Gasteiger charge is 2.17. The van der Waals surface area contributed by atoms with E-state index in [-0.39, 0.29) is 35.5 Å². The molecule has 140 valence electrons. The summed E-state index contributed by atoms with van der Waals surface area (Å²) in [7, 11) is 0. The van der Waals surface area contributed by atoms with Crippen molar-refractivity contribution in [3.05, 3.63) is 79.8 Å². The summed E-state index contributed by atoms with van der Waals surface area (Å²) in [4.78, 5) is 24.0. The number of carboxylic acid groups (broad SMARTS) is 1. The molecule has 1 heterocycles. The maximum atomic E-state index is 14.2. The van der Waals surface area contributed by atoms with Crippen molar-refractivity contribution in [3.8, 4) is 0 Å². The molecule has 0 aliphatic carbocycles. The van der Waals surface area contributed by atoms with Crippen LogP contribution in [0.25, 0.3) is 10.9 Å². The molecule has 0 amide bonds. The molecule has 0 radical (unpaired) electrons.